The van der Waals surface area contributed by atoms with Crippen molar-refractivity contribution in [2.75, 3.05) is 19.0 Å². The number of carbonyl (C=O) groups excluding carboxylic acids is 2. The van der Waals surface area contributed by atoms with Crippen molar-refractivity contribution in [1.29, 1.82) is 0 Å². The van der Waals surface area contributed by atoms with Crippen LogP contribution in [0.1, 0.15) is 42.5 Å². The maximum absolute atomic E-state index is 12.4. The molecule has 2 amide bonds. The van der Waals surface area contributed by atoms with Crippen molar-refractivity contribution in [3.8, 4) is 5.75 Å². The Labute approximate surface area is 135 Å². The van der Waals surface area contributed by atoms with E-state index in [1.54, 1.807) is 25.3 Å². The van der Waals surface area contributed by atoms with E-state index < -0.39 is 0 Å². The van der Waals surface area contributed by atoms with Crippen LogP contribution < -0.4 is 15.4 Å². The SMILES string of the molecule is COc1ccc(NC(=O)CC2CCCO2)c(C(=O)NC2CC2)c1. The van der Waals surface area contributed by atoms with Crippen LogP contribution in [0.5, 0.6) is 5.75 Å². The lowest BCUT2D eigenvalue weighted by Crippen LogP contribution is -2.27. The molecule has 0 spiro atoms. The number of benzene rings is 1. The molecule has 2 N–H and O–H groups in total. The Balaban J connectivity index is 1.70. The van der Waals surface area contributed by atoms with Gasteiger partial charge < -0.3 is 20.1 Å². The third-order valence-corrected chi connectivity index (χ3v) is 4.10. The van der Waals surface area contributed by atoms with Gasteiger partial charge in [0.1, 0.15) is 5.75 Å². The van der Waals surface area contributed by atoms with Crippen LogP contribution in [0.25, 0.3) is 0 Å². The highest BCUT2D eigenvalue weighted by atomic mass is 16.5. The molecule has 1 heterocycles. The topological polar surface area (TPSA) is 76.7 Å². The largest absolute Gasteiger partial charge is 0.497 e. The Hall–Kier alpha value is -2.08. The second-order valence-corrected chi connectivity index (χ2v) is 6.05. The van der Waals surface area contributed by atoms with Gasteiger partial charge in [0, 0.05) is 12.6 Å². The molecule has 1 aliphatic heterocycles. The third kappa shape index (κ3) is 4.22. The molecule has 3 rings (SSSR count). The van der Waals surface area contributed by atoms with E-state index in [9.17, 15) is 9.59 Å². The minimum Gasteiger partial charge on any atom is -0.497 e. The summed E-state index contributed by atoms with van der Waals surface area (Å²) in [5.41, 5.74) is 0.934. The molecule has 124 valence electrons. The van der Waals surface area contributed by atoms with Crippen molar-refractivity contribution in [2.24, 2.45) is 0 Å². The first-order valence-corrected chi connectivity index (χ1v) is 8.06. The molecular weight excluding hydrogens is 296 g/mol. The van der Waals surface area contributed by atoms with Crippen molar-refractivity contribution in [3.63, 3.8) is 0 Å². The summed E-state index contributed by atoms with van der Waals surface area (Å²) in [6.07, 6.45) is 4.22. The predicted molar refractivity (Wildman–Crippen MR) is 85.7 cm³/mol. The average molecular weight is 318 g/mol. The van der Waals surface area contributed by atoms with E-state index in [0.29, 0.717) is 23.4 Å². The monoisotopic (exact) mass is 318 g/mol. The van der Waals surface area contributed by atoms with Gasteiger partial charge in [0.2, 0.25) is 5.91 Å². The number of anilines is 1. The van der Waals surface area contributed by atoms with Crippen molar-refractivity contribution >= 4 is 17.5 Å². The molecule has 6 heteroatoms. The summed E-state index contributed by atoms with van der Waals surface area (Å²) in [6, 6.07) is 5.34. The Morgan fingerprint density at radius 3 is 2.78 bits per heavy atom. The first-order chi connectivity index (χ1) is 11.2. The van der Waals surface area contributed by atoms with E-state index in [1.807, 2.05) is 0 Å². The number of nitrogens with one attached hydrogen (secondary N) is 2. The number of carbonyl (C=O) groups is 2. The van der Waals surface area contributed by atoms with Crippen LogP contribution in [0, 0.1) is 0 Å². The van der Waals surface area contributed by atoms with E-state index in [2.05, 4.69) is 10.6 Å². The quantitative estimate of drug-likeness (QED) is 0.842. The maximum atomic E-state index is 12.4. The van der Waals surface area contributed by atoms with Gasteiger partial charge in [-0.25, -0.2) is 0 Å². The molecule has 23 heavy (non-hydrogen) atoms. The van der Waals surface area contributed by atoms with Gasteiger partial charge >= 0.3 is 0 Å². The molecule has 6 nitrogen and oxygen atoms in total. The molecule has 2 aliphatic rings. The zero-order chi connectivity index (χ0) is 16.2. The van der Waals surface area contributed by atoms with Gasteiger partial charge in [0.05, 0.1) is 30.9 Å². The number of rotatable bonds is 6. The van der Waals surface area contributed by atoms with Gasteiger partial charge in [-0.2, -0.15) is 0 Å². The summed E-state index contributed by atoms with van der Waals surface area (Å²) in [5, 5.41) is 5.77. The molecule has 1 aromatic carbocycles. The van der Waals surface area contributed by atoms with Gasteiger partial charge in [-0.05, 0) is 43.9 Å². The first-order valence-electron chi connectivity index (χ1n) is 8.06. The van der Waals surface area contributed by atoms with Crippen LogP contribution in [0.3, 0.4) is 0 Å². The lowest BCUT2D eigenvalue weighted by molar-refractivity contribution is -0.118. The lowest BCUT2D eigenvalue weighted by Gasteiger charge is -2.14. The molecule has 0 radical (unpaired) electrons. The van der Waals surface area contributed by atoms with Crippen molar-refractivity contribution in [2.45, 2.75) is 44.2 Å². The van der Waals surface area contributed by atoms with Crippen LogP contribution in [0.4, 0.5) is 5.69 Å². The standard InChI is InChI=1S/C17H22N2O4/c1-22-12-6-7-15(14(9-12)17(21)18-11-4-5-11)19-16(20)10-13-3-2-8-23-13/h6-7,9,11,13H,2-5,8,10H2,1H3,(H,18,21)(H,19,20). The number of amides is 2. The summed E-state index contributed by atoms with van der Waals surface area (Å²) in [6.45, 7) is 0.718. The molecule has 0 bridgehead atoms. The Morgan fingerprint density at radius 2 is 2.13 bits per heavy atom. The fraction of sp³-hybridized carbons (Fsp3) is 0.529. The number of ether oxygens (including phenoxy) is 2. The van der Waals surface area contributed by atoms with Crippen LogP contribution in [-0.2, 0) is 9.53 Å². The minimum absolute atomic E-state index is 0.0167. The molecule has 2 fully saturated rings. The van der Waals surface area contributed by atoms with Crippen molar-refractivity contribution < 1.29 is 19.1 Å². The maximum Gasteiger partial charge on any atom is 0.253 e. The highest BCUT2D eigenvalue weighted by Gasteiger charge is 2.26. The molecular formula is C17H22N2O4. The molecule has 1 saturated carbocycles. The van der Waals surface area contributed by atoms with Crippen molar-refractivity contribution in [1.82, 2.24) is 5.32 Å². The van der Waals surface area contributed by atoms with Crippen molar-refractivity contribution in [3.05, 3.63) is 23.8 Å². The number of methoxy groups -OCH3 is 1. The number of hydrogen-bond donors (Lipinski definition) is 2. The molecule has 1 unspecified atom stereocenters. The summed E-state index contributed by atoms with van der Waals surface area (Å²) in [4.78, 5) is 24.5. The molecule has 1 aliphatic carbocycles. The molecule has 1 aromatic rings. The zero-order valence-corrected chi connectivity index (χ0v) is 13.3. The summed E-state index contributed by atoms with van der Waals surface area (Å²) in [7, 11) is 1.55. The van der Waals surface area contributed by atoms with Crippen LogP contribution in [0.2, 0.25) is 0 Å². The second kappa shape index (κ2) is 7.00. The summed E-state index contributed by atoms with van der Waals surface area (Å²) < 4.78 is 10.7. The summed E-state index contributed by atoms with van der Waals surface area (Å²) in [5.74, 6) is 0.268. The van der Waals surface area contributed by atoms with E-state index >= 15 is 0 Å². The lowest BCUT2D eigenvalue weighted by atomic mass is 10.1. The van der Waals surface area contributed by atoms with Crippen LogP contribution >= 0.6 is 0 Å². The minimum atomic E-state index is -0.182. The molecule has 1 saturated heterocycles. The predicted octanol–water partition coefficient (Wildman–Crippen LogP) is 2.09. The highest BCUT2D eigenvalue weighted by molar-refractivity contribution is 6.04. The molecule has 0 aromatic heterocycles. The average Bonchev–Trinajstić information content (AvgIpc) is 3.21. The fourth-order valence-electron chi connectivity index (χ4n) is 2.65. The van der Waals surface area contributed by atoms with E-state index in [0.717, 1.165) is 32.3 Å². The molecule has 1 atom stereocenters. The van der Waals surface area contributed by atoms with E-state index in [1.165, 1.54) is 0 Å². The number of hydrogen-bond acceptors (Lipinski definition) is 4. The second-order valence-electron chi connectivity index (χ2n) is 6.05. The Morgan fingerprint density at radius 1 is 1.30 bits per heavy atom. The van der Waals surface area contributed by atoms with Gasteiger partial charge in [-0.3, -0.25) is 9.59 Å². The van der Waals surface area contributed by atoms with Crippen LogP contribution in [0.15, 0.2) is 18.2 Å². The van der Waals surface area contributed by atoms with Gasteiger partial charge in [-0.15, -0.1) is 0 Å². The van der Waals surface area contributed by atoms with Crippen LogP contribution in [-0.4, -0.2) is 37.7 Å². The Kier molecular flexibility index (Phi) is 4.81. The highest BCUT2D eigenvalue weighted by Crippen LogP contribution is 2.25. The van der Waals surface area contributed by atoms with Gasteiger partial charge in [0.25, 0.3) is 5.91 Å². The fourth-order valence-corrected chi connectivity index (χ4v) is 2.65. The first kappa shape index (κ1) is 15.8. The van der Waals surface area contributed by atoms with E-state index in [4.69, 9.17) is 9.47 Å². The third-order valence-electron chi connectivity index (χ3n) is 4.10. The van der Waals surface area contributed by atoms with Gasteiger partial charge in [0.15, 0.2) is 0 Å². The van der Waals surface area contributed by atoms with E-state index in [-0.39, 0.29) is 24.0 Å². The Bertz CT molecular complexity index is 592. The van der Waals surface area contributed by atoms with Gasteiger partial charge in [-0.1, -0.05) is 0 Å². The zero-order valence-electron chi connectivity index (χ0n) is 13.3. The normalized spacial score (nSPS) is 20.1. The smallest absolute Gasteiger partial charge is 0.253 e. The summed E-state index contributed by atoms with van der Waals surface area (Å²) >= 11 is 0.